The minimum absolute atomic E-state index is 0.214. The highest BCUT2D eigenvalue weighted by Gasteiger charge is 2.17. The number of aromatic nitrogens is 1. The first-order valence-corrected chi connectivity index (χ1v) is 11.8. The number of hydrogen-bond acceptors (Lipinski definition) is 5. The van der Waals surface area contributed by atoms with Gasteiger partial charge < -0.3 is 4.74 Å². The van der Waals surface area contributed by atoms with Gasteiger partial charge in [0.05, 0.1) is 32.9 Å². The Hall–Kier alpha value is -2.61. The smallest absolute Gasteiger partial charge is 0.261 e. The van der Waals surface area contributed by atoms with Crippen molar-refractivity contribution in [1.29, 1.82) is 0 Å². The van der Waals surface area contributed by atoms with E-state index in [0.29, 0.717) is 10.7 Å². The van der Waals surface area contributed by atoms with E-state index < -0.39 is 10.0 Å². The first-order valence-electron chi connectivity index (χ1n) is 9.11. The van der Waals surface area contributed by atoms with Crippen LogP contribution >= 0.6 is 22.9 Å². The second-order valence-corrected chi connectivity index (χ2v) is 10.0. The van der Waals surface area contributed by atoms with Crippen LogP contribution in [0.3, 0.4) is 0 Å². The Kier molecular flexibility index (Phi) is 5.44. The number of hydrogen-bond donors (Lipinski definition) is 1. The summed E-state index contributed by atoms with van der Waals surface area (Å²) in [4.78, 5) is 4.84. The fourth-order valence-corrected chi connectivity index (χ4v) is 5.49. The Labute approximate surface area is 184 Å². The zero-order chi connectivity index (χ0) is 21.5. The number of methoxy groups -OCH3 is 1. The van der Waals surface area contributed by atoms with Crippen LogP contribution in [0.4, 0.5) is 5.69 Å². The molecule has 3 aromatic carbocycles. The molecule has 8 heteroatoms. The van der Waals surface area contributed by atoms with Crippen molar-refractivity contribution in [2.75, 3.05) is 11.8 Å². The lowest BCUT2D eigenvalue weighted by Crippen LogP contribution is -2.13. The van der Waals surface area contributed by atoms with E-state index >= 15 is 0 Å². The normalized spacial score (nSPS) is 11.6. The zero-order valence-corrected chi connectivity index (χ0v) is 19.0. The zero-order valence-electron chi connectivity index (χ0n) is 16.6. The largest absolute Gasteiger partial charge is 0.497 e. The molecule has 4 aromatic rings. The monoisotopic (exact) mass is 458 g/mol. The average Bonchev–Trinajstić information content (AvgIpc) is 3.12. The van der Waals surface area contributed by atoms with E-state index in [0.717, 1.165) is 37.7 Å². The summed E-state index contributed by atoms with van der Waals surface area (Å²) in [7, 11) is -2.09. The molecule has 154 valence electrons. The van der Waals surface area contributed by atoms with E-state index in [-0.39, 0.29) is 4.90 Å². The Morgan fingerprint density at radius 1 is 1.00 bits per heavy atom. The lowest BCUT2D eigenvalue weighted by atomic mass is 10.1. The summed E-state index contributed by atoms with van der Waals surface area (Å²) < 4.78 is 34.3. The highest BCUT2D eigenvalue weighted by molar-refractivity contribution is 7.92. The molecule has 0 aliphatic carbocycles. The van der Waals surface area contributed by atoms with E-state index in [1.807, 2.05) is 32.0 Å². The van der Waals surface area contributed by atoms with Gasteiger partial charge in [0.2, 0.25) is 0 Å². The van der Waals surface area contributed by atoms with Gasteiger partial charge in [0.15, 0.2) is 0 Å². The number of anilines is 1. The number of nitrogens with zero attached hydrogens (tertiary/aromatic N) is 1. The number of thiazole rings is 1. The first kappa shape index (κ1) is 20.7. The molecule has 0 radical (unpaired) electrons. The standard InChI is InChI=1S/C22H19ClN2O3S2/c1-13-4-7-17(10-14(13)2)30(26,27)25-15-5-8-18(19(23)11-15)22-24-20-9-6-16(28-3)12-21(20)29-22/h4-12,25H,1-3H3. The molecule has 5 nitrogen and oxygen atoms in total. The van der Waals surface area contributed by atoms with Gasteiger partial charge >= 0.3 is 0 Å². The van der Waals surface area contributed by atoms with Crippen molar-refractivity contribution in [3.05, 3.63) is 70.7 Å². The Morgan fingerprint density at radius 2 is 1.80 bits per heavy atom. The third-order valence-electron chi connectivity index (χ3n) is 4.84. The molecule has 1 N–H and O–H groups in total. The number of halogens is 1. The van der Waals surface area contributed by atoms with Gasteiger partial charge in [0.1, 0.15) is 10.8 Å². The second kappa shape index (κ2) is 7.91. The molecule has 0 saturated heterocycles. The topological polar surface area (TPSA) is 68.3 Å². The van der Waals surface area contributed by atoms with Crippen molar-refractivity contribution in [3.63, 3.8) is 0 Å². The van der Waals surface area contributed by atoms with Crippen LogP contribution < -0.4 is 9.46 Å². The van der Waals surface area contributed by atoms with Crippen LogP contribution in [0.2, 0.25) is 5.02 Å². The molecule has 1 heterocycles. The third-order valence-corrected chi connectivity index (χ3v) is 7.58. The molecular weight excluding hydrogens is 440 g/mol. The first-order chi connectivity index (χ1) is 14.3. The van der Waals surface area contributed by atoms with Gasteiger partial charge in [-0.2, -0.15) is 0 Å². The number of nitrogens with one attached hydrogen (secondary N) is 1. The quantitative estimate of drug-likeness (QED) is 0.395. The molecule has 0 fully saturated rings. The SMILES string of the molecule is COc1ccc2nc(-c3ccc(NS(=O)(=O)c4ccc(C)c(C)c4)cc3Cl)sc2c1. The van der Waals surface area contributed by atoms with Gasteiger partial charge in [-0.1, -0.05) is 17.7 Å². The van der Waals surface area contributed by atoms with Gasteiger partial charge in [0, 0.05) is 5.56 Å². The maximum Gasteiger partial charge on any atom is 0.261 e. The predicted octanol–water partition coefficient (Wildman–Crippen LogP) is 6.04. The van der Waals surface area contributed by atoms with Crippen LogP contribution in [0.25, 0.3) is 20.8 Å². The summed E-state index contributed by atoms with van der Waals surface area (Å²) in [5.41, 5.74) is 3.94. The van der Waals surface area contributed by atoms with Crippen LogP contribution in [0, 0.1) is 13.8 Å². The highest BCUT2D eigenvalue weighted by atomic mass is 35.5. The molecule has 4 rings (SSSR count). The van der Waals surface area contributed by atoms with Crippen LogP contribution in [-0.2, 0) is 10.0 Å². The molecule has 0 spiro atoms. The summed E-state index contributed by atoms with van der Waals surface area (Å²) in [5.74, 6) is 0.764. The fourth-order valence-electron chi connectivity index (χ4n) is 2.99. The number of aryl methyl sites for hydroxylation is 2. The van der Waals surface area contributed by atoms with Crippen molar-refractivity contribution in [2.45, 2.75) is 18.7 Å². The highest BCUT2D eigenvalue weighted by Crippen LogP contribution is 2.37. The van der Waals surface area contributed by atoms with Crippen molar-refractivity contribution in [3.8, 4) is 16.3 Å². The van der Waals surface area contributed by atoms with Gasteiger partial charge in [-0.25, -0.2) is 13.4 Å². The Balaban J connectivity index is 1.64. The van der Waals surface area contributed by atoms with Crippen molar-refractivity contribution < 1.29 is 13.2 Å². The van der Waals surface area contributed by atoms with Crippen molar-refractivity contribution in [1.82, 2.24) is 4.98 Å². The van der Waals surface area contributed by atoms with Gasteiger partial charge in [-0.15, -0.1) is 11.3 Å². The summed E-state index contributed by atoms with van der Waals surface area (Å²) in [6.07, 6.45) is 0. The summed E-state index contributed by atoms with van der Waals surface area (Å²) in [6, 6.07) is 15.8. The molecule has 0 atom stereocenters. The lowest BCUT2D eigenvalue weighted by molar-refractivity contribution is 0.415. The van der Waals surface area contributed by atoms with Crippen LogP contribution in [-0.4, -0.2) is 20.5 Å². The molecule has 0 aliphatic heterocycles. The lowest BCUT2D eigenvalue weighted by Gasteiger charge is -2.11. The Morgan fingerprint density at radius 3 is 2.50 bits per heavy atom. The molecule has 0 unspecified atom stereocenters. The van der Waals surface area contributed by atoms with E-state index in [1.54, 1.807) is 43.5 Å². The van der Waals surface area contributed by atoms with Gasteiger partial charge in [-0.05, 0) is 73.5 Å². The number of ether oxygens (including phenoxy) is 1. The van der Waals surface area contributed by atoms with E-state index in [9.17, 15) is 8.42 Å². The number of benzene rings is 3. The molecule has 0 saturated carbocycles. The molecule has 30 heavy (non-hydrogen) atoms. The summed E-state index contributed by atoms with van der Waals surface area (Å²) in [6.45, 7) is 3.82. The maximum absolute atomic E-state index is 12.7. The predicted molar refractivity (Wildman–Crippen MR) is 123 cm³/mol. The number of rotatable bonds is 5. The fraction of sp³-hybridized carbons (Fsp3) is 0.136. The second-order valence-electron chi connectivity index (χ2n) is 6.90. The van der Waals surface area contributed by atoms with Gasteiger partial charge in [0.25, 0.3) is 10.0 Å². The summed E-state index contributed by atoms with van der Waals surface area (Å²) in [5, 5.41) is 1.17. The van der Waals surface area contributed by atoms with E-state index in [2.05, 4.69) is 9.71 Å². The summed E-state index contributed by atoms with van der Waals surface area (Å²) >= 11 is 7.98. The minimum atomic E-state index is -3.71. The molecule has 0 bridgehead atoms. The minimum Gasteiger partial charge on any atom is -0.497 e. The van der Waals surface area contributed by atoms with Gasteiger partial charge in [-0.3, -0.25) is 4.72 Å². The number of sulfonamides is 1. The average molecular weight is 459 g/mol. The van der Waals surface area contributed by atoms with E-state index in [4.69, 9.17) is 16.3 Å². The van der Waals surface area contributed by atoms with Crippen molar-refractivity contribution in [2.24, 2.45) is 0 Å². The van der Waals surface area contributed by atoms with Crippen LogP contribution in [0.15, 0.2) is 59.5 Å². The van der Waals surface area contributed by atoms with Crippen LogP contribution in [0.5, 0.6) is 5.75 Å². The molecule has 0 amide bonds. The molecule has 1 aromatic heterocycles. The Bertz CT molecular complexity index is 1360. The van der Waals surface area contributed by atoms with Crippen molar-refractivity contribution >= 4 is 48.9 Å². The molecular formula is C22H19ClN2O3S2. The maximum atomic E-state index is 12.7. The third kappa shape index (κ3) is 4.01. The van der Waals surface area contributed by atoms with E-state index in [1.165, 1.54) is 11.3 Å². The van der Waals surface area contributed by atoms with Crippen LogP contribution in [0.1, 0.15) is 11.1 Å². The number of fused-ring (bicyclic) bond motifs is 1. The molecule has 0 aliphatic rings.